The van der Waals surface area contributed by atoms with E-state index in [0.717, 1.165) is 0 Å². The molecule has 0 fully saturated rings. The number of aromatic amines is 1. The van der Waals surface area contributed by atoms with Gasteiger partial charge in [-0.1, -0.05) is 6.07 Å². The summed E-state index contributed by atoms with van der Waals surface area (Å²) in [7, 11) is 1.76. The molecule has 18 heavy (non-hydrogen) atoms. The number of aromatic nitrogens is 3. The minimum Gasteiger partial charge on any atom is -0.373 e. The fraction of sp³-hybridized carbons (Fsp3) is 0.250. The molecular weight excluding hydrogens is 230 g/mol. The van der Waals surface area contributed by atoms with E-state index in [1.807, 2.05) is 6.92 Å². The Morgan fingerprint density at radius 2 is 2.28 bits per heavy atom. The van der Waals surface area contributed by atoms with Gasteiger partial charge in [0, 0.05) is 19.4 Å². The van der Waals surface area contributed by atoms with Crippen LogP contribution in [-0.4, -0.2) is 27.9 Å². The average Bonchev–Trinajstić information content (AvgIpc) is 2.92. The van der Waals surface area contributed by atoms with Crippen LogP contribution in [0.4, 0.5) is 5.82 Å². The predicted molar refractivity (Wildman–Crippen MR) is 68.3 cm³/mol. The molecule has 1 unspecified atom stereocenters. The number of nitrogens with one attached hydrogen (secondary N) is 3. The van der Waals surface area contributed by atoms with Gasteiger partial charge in [-0.25, -0.2) is 9.97 Å². The van der Waals surface area contributed by atoms with Gasteiger partial charge in [-0.3, -0.25) is 4.79 Å². The van der Waals surface area contributed by atoms with Crippen LogP contribution in [-0.2, 0) is 0 Å². The van der Waals surface area contributed by atoms with Crippen molar-refractivity contribution >= 4 is 11.7 Å². The highest BCUT2D eigenvalue weighted by molar-refractivity contribution is 5.92. The van der Waals surface area contributed by atoms with Gasteiger partial charge < -0.3 is 15.6 Å². The van der Waals surface area contributed by atoms with Crippen molar-refractivity contribution in [1.29, 1.82) is 0 Å². The maximum Gasteiger partial charge on any atom is 0.270 e. The van der Waals surface area contributed by atoms with Crippen LogP contribution in [0.1, 0.15) is 29.3 Å². The molecule has 2 aromatic heterocycles. The highest BCUT2D eigenvalue weighted by Crippen LogP contribution is 2.08. The number of hydrogen-bond acceptors (Lipinski definition) is 4. The van der Waals surface area contributed by atoms with Crippen LogP contribution in [0.15, 0.2) is 30.6 Å². The summed E-state index contributed by atoms with van der Waals surface area (Å²) in [5, 5.41) is 5.72. The van der Waals surface area contributed by atoms with Crippen molar-refractivity contribution in [3.63, 3.8) is 0 Å². The summed E-state index contributed by atoms with van der Waals surface area (Å²) < 4.78 is 0. The molecule has 6 heteroatoms. The van der Waals surface area contributed by atoms with Gasteiger partial charge in [-0.2, -0.15) is 0 Å². The Bertz CT molecular complexity index is 523. The second-order valence-electron chi connectivity index (χ2n) is 3.83. The average molecular weight is 245 g/mol. The summed E-state index contributed by atoms with van der Waals surface area (Å²) in [5.74, 6) is 1.15. The van der Waals surface area contributed by atoms with E-state index >= 15 is 0 Å². The summed E-state index contributed by atoms with van der Waals surface area (Å²) in [5.41, 5.74) is 0.375. The summed E-state index contributed by atoms with van der Waals surface area (Å²) in [6.07, 6.45) is 3.37. The summed E-state index contributed by atoms with van der Waals surface area (Å²) in [6.45, 7) is 1.86. The molecule has 0 aromatic carbocycles. The van der Waals surface area contributed by atoms with Crippen molar-refractivity contribution in [3.05, 3.63) is 42.1 Å². The van der Waals surface area contributed by atoms with Crippen LogP contribution < -0.4 is 10.6 Å². The normalized spacial score (nSPS) is 11.9. The highest BCUT2D eigenvalue weighted by atomic mass is 16.1. The van der Waals surface area contributed by atoms with Crippen molar-refractivity contribution in [2.24, 2.45) is 0 Å². The molecule has 2 heterocycles. The number of carbonyl (C=O) groups excluding carboxylic acids is 1. The number of hydrogen-bond donors (Lipinski definition) is 3. The van der Waals surface area contributed by atoms with Crippen molar-refractivity contribution < 1.29 is 4.79 Å². The molecular formula is C12H15N5O. The Hall–Kier alpha value is -2.37. The standard InChI is InChI=1S/C12H15N5O/c1-8(11-14-6-7-15-11)16-12(18)9-4-3-5-10(13-2)17-9/h3-8H,1-2H3,(H,13,17)(H,14,15)(H,16,18). The van der Waals surface area contributed by atoms with E-state index in [9.17, 15) is 4.79 Å². The number of imidazole rings is 1. The van der Waals surface area contributed by atoms with Gasteiger partial charge in [0.05, 0.1) is 6.04 Å². The molecule has 2 rings (SSSR count). The lowest BCUT2D eigenvalue weighted by Gasteiger charge is -2.11. The number of nitrogens with zero attached hydrogens (tertiary/aromatic N) is 2. The number of carbonyl (C=O) groups is 1. The molecule has 2 aromatic rings. The van der Waals surface area contributed by atoms with Crippen molar-refractivity contribution in [3.8, 4) is 0 Å². The number of H-pyrrole nitrogens is 1. The second-order valence-corrected chi connectivity index (χ2v) is 3.83. The van der Waals surface area contributed by atoms with E-state index < -0.39 is 0 Å². The first kappa shape index (κ1) is 12.1. The second kappa shape index (κ2) is 5.31. The maximum absolute atomic E-state index is 12.0. The van der Waals surface area contributed by atoms with E-state index in [-0.39, 0.29) is 11.9 Å². The zero-order valence-electron chi connectivity index (χ0n) is 10.3. The van der Waals surface area contributed by atoms with Crippen LogP contribution in [0.25, 0.3) is 0 Å². The van der Waals surface area contributed by atoms with Crippen LogP contribution in [0.5, 0.6) is 0 Å². The molecule has 0 aliphatic rings. The fourth-order valence-electron chi connectivity index (χ4n) is 1.55. The monoisotopic (exact) mass is 245 g/mol. The largest absolute Gasteiger partial charge is 0.373 e. The lowest BCUT2D eigenvalue weighted by Crippen LogP contribution is -2.28. The van der Waals surface area contributed by atoms with E-state index in [1.54, 1.807) is 37.6 Å². The Kier molecular flexibility index (Phi) is 3.57. The predicted octanol–water partition coefficient (Wildman–Crippen LogP) is 1.34. The molecule has 0 bridgehead atoms. The molecule has 0 saturated carbocycles. The summed E-state index contributed by atoms with van der Waals surface area (Å²) in [6, 6.07) is 5.07. The van der Waals surface area contributed by atoms with Crippen molar-refractivity contribution in [1.82, 2.24) is 20.3 Å². The van der Waals surface area contributed by atoms with E-state index in [2.05, 4.69) is 25.6 Å². The van der Waals surface area contributed by atoms with Crippen molar-refractivity contribution in [2.75, 3.05) is 12.4 Å². The topological polar surface area (TPSA) is 82.7 Å². The maximum atomic E-state index is 12.0. The molecule has 94 valence electrons. The SMILES string of the molecule is CNc1cccc(C(=O)NC(C)c2ncc[nH]2)n1. The molecule has 0 spiro atoms. The van der Waals surface area contributed by atoms with Crippen LogP contribution in [0.3, 0.4) is 0 Å². The molecule has 6 nitrogen and oxygen atoms in total. The number of rotatable bonds is 4. The van der Waals surface area contributed by atoms with Crippen LogP contribution >= 0.6 is 0 Å². The summed E-state index contributed by atoms with van der Waals surface area (Å²) >= 11 is 0. The van der Waals surface area contributed by atoms with Gasteiger partial charge in [0.2, 0.25) is 0 Å². The lowest BCUT2D eigenvalue weighted by atomic mass is 10.2. The Morgan fingerprint density at radius 3 is 2.94 bits per heavy atom. The third-order valence-corrected chi connectivity index (χ3v) is 2.52. The molecule has 0 aliphatic carbocycles. The minimum absolute atomic E-state index is 0.187. The van der Waals surface area contributed by atoms with Gasteiger partial charge >= 0.3 is 0 Å². The number of amides is 1. The van der Waals surface area contributed by atoms with E-state index in [4.69, 9.17) is 0 Å². The number of pyridine rings is 1. The van der Waals surface area contributed by atoms with E-state index in [1.165, 1.54) is 0 Å². The lowest BCUT2D eigenvalue weighted by molar-refractivity contribution is 0.0933. The van der Waals surface area contributed by atoms with Gasteiger partial charge in [0.15, 0.2) is 0 Å². The van der Waals surface area contributed by atoms with Gasteiger partial charge in [0.25, 0.3) is 5.91 Å². The fourth-order valence-corrected chi connectivity index (χ4v) is 1.55. The Balaban J connectivity index is 2.07. The quantitative estimate of drug-likeness (QED) is 0.759. The van der Waals surface area contributed by atoms with E-state index in [0.29, 0.717) is 17.3 Å². The zero-order chi connectivity index (χ0) is 13.0. The molecule has 1 atom stereocenters. The first-order chi connectivity index (χ1) is 8.70. The third-order valence-electron chi connectivity index (χ3n) is 2.52. The minimum atomic E-state index is -0.226. The first-order valence-electron chi connectivity index (χ1n) is 5.65. The Morgan fingerprint density at radius 1 is 1.44 bits per heavy atom. The molecule has 0 radical (unpaired) electrons. The first-order valence-corrected chi connectivity index (χ1v) is 5.65. The third kappa shape index (κ3) is 2.65. The Labute approximate surface area is 105 Å². The number of anilines is 1. The molecule has 1 amide bonds. The smallest absolute Gasteiger partial charge is 0.270 e. The molecule has 0 saturated heterocycles. The van der Waals surface area contributed by atoms with Gasteiger partial charge in [-0.15, -0.1) is 0 Å². The van der Waals surface area contributed by atoms with Crippen LogP contribution in [0.2, 0.25) is 0 Å². The zero-order valence-corrected chi connectivity index (χ0v) is 10.3. The van der Waals surface area contributed by atoms with Crippen LogP contribution in [0, 0.1) is 0 Å². The summed E-state index contributed by atoms with van der Waals surface area (Å²) in [4.78, 5) is 23.2. The highest BCUT2D eigenvalue weighted by Gasteiger charge is 2.14. The molecule has 0 aliphatic heterocycles. The van der Waals surface area contributed by atoms with Gasteiger partial charge in [0.1, 0.15) is 17.3 Å². The molecule has 3 N–H and O–H groups in total. The van der Waals surface area contributed by atoms with Gasteiger partial charge in [-0.05, 0) is 19.1 Å². The van der Waals surface area contributed by atoms with Crippen molar-refractivity contribution in [2.45, 2.75) is 13.0 Å².